The van der Waals surface area contributed by atoms with Gasteiger partial charge in [-0.25, -0.2) is 13.8 Å². The predicted molar refractivity (Wildman–Crippen MR) is 51.1 cm³/mol. The van der Waals surface area contributed by atoms with Crippen molar-refractivity contribution in [1.82, 2.24) is 0 Å². The van der Waals surface area contributed by atoms with Crippen LogP contribution in [0.3, 0.4) is 0 Å². The van der Waals surface area contributed by atoms with E-state index in [9.17, 15) is 18.9 Å². The molecule has 1 aromatic carbocycles. The van der Waals surface area contributed by atoms with Gasteiger partial charge in [0.1, 0.15) is 16.2 Å². The molecule has 0 aliphatic heterocycles. The minimum absolute atomic E-state index is 0.493. The molecular formula is C8H6O7S. The molecule has 0 aromatic heterocycles. The van der Waals surface area contributed by atoms with E-state index >= 15 is 0 Å². The summed E-state index contributed by atoms with van der Waals surface area (Å²) >= 11 is -2.67. The molecule has 0 heterocycles. The Bertz CT molecular complexity index is 458. The van der Waals surface area contributed by atoms with Crippen LogP contribution in [0.4, 0.5) is 0 Å². The second kappa shape index (κ2) is 4.29. The summed E-state index contributed by atoms with van der Waals surface area (Å²) in [5, 5.41) is 26.6. The average Bonchev–Trinajstić information content (AvgIpc) is 2.16. The maximum Gasteiger partial charge on any atom is 0.339 e. The molecule has 0 saturated carbocycles. The number of hydrogen-bond acceptors (Lipinski definition) is 4. The fraction of sp³-hybridized carbons (Fsp3) is 0. The van der Waals surface area contributed by atoms with Crippen LogP contribution in [0.2, 0.25) is 0 Å². The van der Waals surface area contributed by atoms with E-state index in [1.165, 1.54) is 0 Å². The molecule has 0 aliphatic carbocycles. The van der Waals surface area contributed by atoms with Gasteiger partial charge in [0.2, 0.25) is 0 Å². The van der Waals surface area contributed by atoms with Crippen LogP contribution in [0.15, 0.2) is 17.0 Å². The summed E-state index contributed by atoms with van der Waals surface area (Å²) in [7, 11) is 0. The fourth-order valence-corrected chi connectivity index (χ4v) is 1.53. The van der Waals surface area contributed by atoms with Gasteiger partial charge in [-0.1, -0.05) is 0 Å². The second-order valence-electron chi connectivity index (χ2n) is 2.73. The lowest BCUT2D eigenvalue weighted by atomic mass is 10.1. The molecule has 86 valence electrons. The largest absolute Gasteiger partial charge is 0.506 e. The number of aromatic carboxylic acids is 2. The number of rotatable bonds is 3. The lowest BCUT2D eigenvalue weighted by Crippen LogP contribution is -2.05. The van der Waals surface area contributed by atoms with Crippen molar-refractivity contribution in [1.29, 1.82) is 0 Å². The fourth-order valence-electron chi connectivity index (χ4n) is 1.03. The maximum absolute atomic E-state index is 10.7. The van der Waals surface area contributed by atoms with Gasteiger partial charge >= 0.3 is 11.9 Å². The van der Waals surface area contributed by atoms with Crippen LogP contribution in [0.5, 0.6) is 5.75 Å². The van der Waals surface area contributed by atoms with Crippen molar-refractivity contribution in [2.45, 2.75) is 4.90 Å². The summed E-state index contributed by atoms with van der Waals surface area (Å²) in [6.07, 6.45) is 0. The smallest absolute Gasteiger partial charge is 0.339 e. The molecule has 1 rings (SSSR count). The van der Waals surface area contributed by atoms with Crippen molar-refractivity contribution >= 4 is 23.0 Å². The van der Waals surface area contributed by atoms with Crippen molar-refractivity contribution in [2.75, 3.05) is 0 Å². The van der Waals surface area contributed by atoms with Gasteiger partial charge in [-0.15, -0.1) is 0 Å². The molecule has 0 amide bonds. The molecule has 1 aromatic rings. The lowest BCUT2D eigenvalue weighted by molar-refractivity contribution is 0.0693. The molecule has 16 heavy (non-hydrogen) atoms. The summed E-state index contributed by atoms with van der Waals surface area (Å²) in [4.78, 5) is 20.6. The third-order valence-corrected chi connectivity index (χ3v) is 2.43. The molecular weight excluding hydrogens is 240 g/mol. The van der Waals surface area contributed by atoms with Crippen LogP contribution < -0.4 is 0 Å². The van der Waals surface area contributed by atoms with Crippen LogP contribution in [-0.4, -0.2) is 36.0 Å². The van der Waals surface area contributed by atoms with E-state index in [-0.39, 0.29) is 0 Å². The molecule has 1 atom stereocenters. The molecule has 1 unspecified atom stereocenters. The van der Waals surface area contributed by atoms with Gasteiger partial charge in [0, 0.05) is 0 Å². The summed E-state index contributed by atoms with van der Waals surface area (Å²) in [5.74, 6) is -3.97. The van der Waals surface area contributed by atoms with E-state index in [4.69, 9.17) is 14.8 Å². The van der Waals surface area contributed by atoms with Crippen molar-refractivity contribution in [3.8, 4) is 5.75 Å². The van der Waals surface area contributed by atoms with Crippen LogP contribution in [0, 0.1) is 0 Å². The van der Waals surface area contributed by atoms with Crippen LogP contribution in [-0.2, 0) is 11.1 Å². The third kappa shape index (κ3) is 2.18. The lowest BCUT2D eigenvalue weighted by Gasteiger charge is -2.05. The van der Waals surface area contributed by atoms with Gasteiger partial charge in [0.15, 0.2) is 11.1 Å². The Morgan fingerprint density at radius 2 is 1.69 bits per heavy atom. The maximum atomic E-state index is 10.7. The minimum Gasteiger partial charge on any atom is -0.506 e. The number of aromatic hydroxyl groups is 1. The highest BCUT2D eigenvalue weighted by Crippen LogP contribution is 2.27. The van der Waals surface area contributed by atoms with E-state index in [0.29, 0.717) is 6.07 Å². The molecule has 0 radical (unpaired) electrons. The molecule has 8 heteroatoms. The molecule has 7 nitrogen and oxygen atoms in total. The number of hydrogen-bond donors (Lipinski definition) is 4. The monoisotopic (exact) mass is 246 g/mol. The number of phenols is 1. The molecule has 0 aliphatic rings. The number of carbonyl (C=O) groups is 2. The standard InChI is InChI=1S/C8H6O7S/c9-6-4(8(12)13)1-3(7(10)11)2-5(6)16(14)15/h1-2,9H,(H,10,11)(H,12,13)(H,14,15). The summed E-state index contributed by atoms with van der Waals surface area (Å²) in [6.45, 7) is 0. The highest BCUT2D eigenvalue weighted by molar-refractivity contribution is 7.79. The first-order valence-electron chi connectivity index (χ1n) is 3.79. The summed E-state index contributed by atoms with van der Waals surface area (Å²) < 4.78 is 19.5. The summed E-state index contributed by atoms with van der Waals surface area (Å²) in [5.41, 5.74) is -1.23. The van der Waals surface area contributed by atoms with Crippen molar-refractivity contribution < 1.29 is 33.7 Å². The number of carboxylic acid groups (broad SMARTS) is 2. The predicted octanol–water partition coefficient (Wildman–Crippen LogP) is 0.369. The zero-order valence-corrected chi connectivity index (χ0v) is 8.39. The Kier molecular flexibility index (Phi) is 3.25. The van der Waals surface area contributed by atoms with Crippen LogP contribution >= 0.6 is 0 Å². The first-order chi connectivity index (χ1) is 7.34. The third-order valence-electron chi connectivity index (χ3n) is 1.74. The quantitative estimate of drug-likeness (QED) is 0.566. The zero-order chi connectivity index (χ0) is 12.5. The van der Waals surface area contributed by atoms with Crippen molar-refractivity contribution in [3.63, 3.8) is 0 Å². The number of carboxylic acids is 2. The van der Waals surface area contributed by atoms with Crippen LogP contribution in [0.25, 0.3) is 0 Å². The van der Waals surface area contributed by atoms with Gasteiger partial charge in [-0.05, 0) is 12.1 Å². The molecule has 0 saturated heterocycles. The van der Waals surface area contributed by atoms with Crippen molar-refractivity contribution in [3.05, 3.63) is 23.3 Å². The average molecular weight is 246 g/mol. The highest BCUT2D eigenvalue weighted by Gasteiger charge is 2.20. The minimum atomic E-state index is -2.67. The van der Waals surface area contributed by atoms with E-state index in [1.807, 2.05) is 0 Å². The Labute approximate surface area is 91.2 Å². The molecule has 4 N–H and O–H groups in total. The molecule has 0 bridgehead atoms. The number of benzene rings is 1. The van der Waals surface area contributed by atoms with Crippen LogP contribution in [0.1, 0.15) is 20.7 Å². The normalized spacial score (nSPS) is 12.1. The van der Waals surface area contributed by atoms with Gasteiger partial charge in [-0.3, -0.25) is 0 Å². The Morgan fingerprint density at radius 3 is 2.06 bits per heavy atom. The van der Waals surface area contributed by atoms with Gasteiger partial charge in [0.25, 0.3) is 0 Å². The molecule has 0 spiro atoms. The Hall–Kier alpha value is -1.93. The highest BCUT2D eigenvalue weighted by atomic mass is 32.2. The first kappa shape index (κ1) is 12.1. The summed E-state index contributed by atoms with van der Waals surface area (Å²) in [6, 6.07) is 1.44. The van der Waals surface area contributed by atoms with Gasteiger partial charge in [0.05, 0.1) is 5.56 Å². The topological polar surface area (TPSA) is 132 Å². The first-order valence-corrected chi connectivity index (χ1v) is 4.89. The van der Waals surface area contributed by atoms with E-state index in [0.717, 1.165) is 6.07 Å². The van der Waals surface area contributed by atoms with Gasteiger partial charge in [-0.2, -0.15) is 0 Å². The Balaban J connectivity index is 3.57. The second-order valence-corrected chi connectivity index (χ2v) is 3.67. The van der Waals surface area contributed by atoms with E-state index in [1.54, 1.807) is 0 Å². The zero-order valence-electron chi connectivity index (χ0n) is 7.58. The van der Waals surface area contributed by atoms with Crippen molar-refractivity contribution in [2.24, 2.45) is 0 Å². The van der Waals surface area contributed by atoms with E-state index in [2.05, 4.69) is 0 Å². The SMILES string of the molecule is O=C(O)c1cc(C(=O)O)c(O)c(S(=O)O)c1. The van der Waals surface area contributed by atoms with Gasteiger partial charge < -0.3 is 19.9 Å². The Morgan fingerprint density at radius 1 is 1.12 bits per heavy atom. The molecule has 0 fully saturated rings. The van der Waals surface area contributed by atoms with E-state index < -0.39 is 44.8 Å².